The van der Waals surface area contributed by atoms with E-state index < -0.39 is 43.4 Å². The first-order valence-corrected chi connectivity index (χ1v) is 28.5. The van der Waals surface area contributed by atoms with Crippen molar-refractivity contribution in [1.29, 1.82) is 0 Å². The van der Waals surface area contributed by atoms with Gasteiger partial charge in [0.25, 0.3) is 0 Å². The van der Waals surface area contributed by atoms with Crippen LogP contribution in [0.1, 0.15) is 71.9 Å². The molecule has 2 unspecified atom stereocenters. The number of sulfone groups is 2. The van der Waals surface area contributed by atoms with Crippen LogP contribution in [0.15, 0.2) is 163 Å². The molecule has 4 heterocycles. The molecule has 0 amide bonds. The highest BCUT2D eigenvalue weighted by molar-refractivity contribution is 15.0. The number of aliphatic carboxylic acids is 1. The monoisotopic (exact) mass is 1110 g/mol. The zero-order chi connectivity index (χ0) is 45.1. The third-order valence-electron chi connectivity index (χ3n) is 9.68. The van der Waals surface area contributed by atoms with Gasteiger partial charge in [-0.15, -0.1) is 0 Å². The lowest BCUT2D eigenvalue weighted by atomic mass is 9.86. The molecule has 4 aromatic carbocycles. The molecule has 0 spiro atoms. The van der Waals surface area contributed by atoms with Crippen LogP contribution >= 0.6 is 37.2 Å². The van der Waals surface area contributed by atoms with E-state index in [1.165, 1.54) is 19.2 Å². The van der Waals surface area contributed by atoms with Crippen LogP contribution in [0.5, 0.6) is 11.5 Å². The Bertz CT molecular complexity index is 2590. The van der Waals surface area contributed by atoms with Crippen LogP contribution in [0.2, 0.25) is 0 Å². The maximum absolute atomic E-state index is 13.7. The number of esters is 1. The number of nitrogens with one attached hydrogen (secondary N) is 2. The second-order valence-electron chi connectivity index (χ2n) is 13.0. The van der Waals surface area contributed by atoms with Crippen LogP contribution in [-0.2, 0) is 34.0 Å². The van der Waals surface area contributed by atoms with Gasteiger partial charge in [0, 0.05) is 48.6 Å². The van der Waals surface area contributed by atoms with Crippen molar-refractivity contribution in [2.24, 2.45) is 0 Å². The van der Waals surface area contributed by atoms with Gasteiger partial charge in [-0.3, -0.25) is 0 Å². The minimum Gasteiger partial charge on any atom is -0.486 e. The molecule has 0 bridgehead atoms. The van der Waals surface area contributed by atoms with Gasteiger partial charge in [0.2, 0.25) is 19.7 Å². The summed E-state index contributed by atoms with van der Waals surface area (Å²) in [5.41, 5.74) is 3.32. The summed E-state index contributed by atoms with van der Waals surface area (Å²) in [5, 5.41) is 15.8. The average molecular weight is 1110 g/mol. The lowest BCUT2D eigenvalue weighted by Gasteiger charge is -2.30. The Morgan fingerprint density at radius 2 is 0.952 bits per heavy atom. The number of carbonyl (C=O) groups excluding carboxylic acids is 1. The summed E-state index contributed by atoms with van der Waals surface area (Å²) in [5.74, 6) is -2.88. The molecule has 12 nitrogen and oxygen atoms in total. The van der Waals surface area contributed by atoms with Gasteiger partial charge >= 0.3 is 11.9 Å². The van der Waals surface area contributed by atoms with Crippen LogP contribution in [0.25, 0.3) is 0 Å². The number of hydrogen-bond donors (Lipinski definition) is 3. The maximum atomic E-state index is 13.7. The second-order valence-corrected chi connectivity index (χ2v) is 16.7. The smallest absolute Gasteiger partial charge is 0.336 e. The Labute approximate surface area is 388 Å². The predicted molar refractivity (Wildman–Crippen MR) is 259 cm³/mol. The van der Waals surface area contributed by atoms with Crippen LogP contribution in [0.4, 0.5) is 0 Å². The molecule has 3 N–H and O–H groups in total. The molecule has 2 atom stereocenters. The van der Waals surface area contributed by atoms with E-state index in [1.807, 2.05) is 58.0 Å². The number of ether oxygens (including phenoxy) is 3. The Morgan fingerprint density at radius 1 is 0.613 bits per heavy atom. The number of carboxylic acids is 1. The van der Waals surface area contributed by atoms with E-state index in [-0.39, 0.29) is 57.1 Å². The molecule has 16 heteroatoms. The molecule has 8 rings (SSSR count). The number of methoxy groups -OCH3 is 1. The Kier molecular flexibility index (Phi) is 19.3. The van der Waals surface area contributed by atoms with Gasteiger partial charge < -0.3 is 30.0 Å². The molecule has 4 aliphatic rings. The summed E-state index contributed by atoms with van der Waals surface area (Å²) in [6, 6.07) is 30.8. The van der Waals surface area contributed by atoms with E-state index >= 15 is 0 Å². The van der Waals surface area contributed by atoms with Crippen molar-refractivity contribution >= 4 is 68.8 Å². The molecular weight excluding hydrogens is 1060 g/mol. The standard InChI is InChI=1S/C21H19NO5S.C20H17NO5S.2C2H6.CH4.I2/c1-13-18(21(23)26-2)19(14-8-4-3-5-9-14)20-15(22-13)12-27-16-10-6-7-11-17(16)28(20,24)25;1-12-17(20(22)23)18(13-7-3-2-4-8-13)19-14(21-12)11-26-15-9-5-6-10-16(15)27(19,24)25;2*1-2;;1-2/h3-11,19,22H,12H2,1-2H3;2-10,18,21H,11H2,1H3,(H,22,23);2*1-2H3;1H4;. The number of allylic oxidation sites excluding steroid dienone is 4. The van der Waals surface area contributed by atoms with Gasteiger partial charge in [0.15, 0.2) is 0 Å². The van der Waals surface area contributed by atoms with Crippen molar-refractivity contribution in [3.63, 3.8) is 0 Å². The normalized spacial score (nSPS) is 18.5. The van der Waals surface area contributed by atoms with E-state index in [9.17, 15) is 31.5 Å². The lowest BCUT2D eigenvalue weighted by Crippen LogP contribution is -2.33. The number of hydrogen-bond acceptors (Lipinski definition) is 11. The highest BCUT2D eigenvalue weighted by atomic mass is 128. The molecule has 0 fully saturated rings. The van der Waals surface area contributed by atoms with Crippen LogP contribution in [-0.4, -0.2) is 54.2 Å². The third-order valence-corrected chi connectivity index (χ3v) is 13.6. The highest BCUT2D eigenvalue weighted by Crippen LogP contribution is 2.47. The molecule has 0 radical (unpaired) electrons. The molecule has 0 aromatic heterocycles. The van der Waals surface area contributed by atoms with Gasteiger partial charge in [-0.05, 0) is 49.2 Å². The van der Waals surface area contributed by atoms with Gasteiger partial charge in [-0.2, -0.15) is 0 Å². The number of para-hydroxylation sites is 2. The van der Waals surface area contributed by atoms with E-state index in [4.69, 9.17) is 14.2 Å². The first-order chi connectivity index (χ1) is 29.4. The molecule has 332 valence electrons. The van der Waals surface area contributed by atoms with Crippen LogP contribution in [0.3, 0.4) is 0 Å². The fraction of sp³-hybridized carbons (Fsp3) is 0.261. The maximum Gasteiger partial charge on any atom is 0.336 e. The van der Waals surface area contributed by atoms with E-state index in [0.717, 1.165) is 0 Å². The minimum atomic E-state index is -3.97. The van der Waals surface area contributed by atoms with Gasteiger partial charge in [-0.1, -0.05) is 120 Å². The van der Waals surface area contributed by atoms with E-state index in [0.29, 0.717) is 39.7 Å². The van der Waals surface area contributed by atoms with Gasteiger partial charge in [-0.25, -0.2) is 26.4 Å². The molecule has 62 heavy (non-hydrogen) atoms. The number of benzene rings is 4. The molecular formula is C46H52I2N2O10S2. The highest BCUT2D eigenvalue weighted by Gasteiger charge is 2.45. The molecule has 0 saturated carbocycles. The summed E-state index contributed by atoms with van der Waals surface area (Å²) < 4.78 is 70.8. The first-order valence-electron chi connectivity index (χ1n) is 19.3. The summed E-state index contributed by atoms with van der Waals surface area (Å²) in [6.07, 6.45) is 0. The van der Waals surface area contributed by atoms with Crippen molar-refractivity contribution in [1.82, 2.24) is 10.6 Å². The van der Waals surface area contributed by atoms with E-state index in [1.54, 1.807) is 80.6 Å². The first kappa shape index (κ1) is 51.7. The quantitative estimate of drug-likeness (QED) is 0.131. The number of dihydropyridines is 2. The van der Waals surface area contributed by atoms with Crippen LogP contribution in [0, 0.1) is 0 Å². The summed E-state index contributed by atoms with van der Waals surface area (Å²) in [7, 11) is -6.61. The molecule has 0 saturated heterocycles. The minimum absolute atomic E-state index is 0. The second kappa shape index (κ2) is 23.1. The summed E-state index contributed by atoms with van der Waals surface area (Å²) in [4.78, 5) is 24.9. The summed E-state index contributed by atoms with van der Waals surface area (Å²) >= 11 is 4.24. The van der Waals surface area contributed by atoms with Crippen molar-refractivity contribution < 1.29 is 45.7 Å². The fourth-order valence-corrected chi connectivity index (χ4v) is 11.1. The molecule has 4 aliphatic heterocycles. The average Bonchev–Trinajstić information content (AvgIpc) is 3.47. The van der Waals surface area contributed by atoms with Crippen molar-refractivity contribution in [3.05, 3.63) is 164 Å². The Hall–Kier alpha value is -4.66. The Morgan fingerprint density at radius 3 is 1.32 bits per heavy atom. The lowest BCUT2D eigenvalue weighted by molar-refractivity contribution is -0.136. The number of fused-ring (bicyclic) bond motifs is 2. The predicted octanol–water partition coefficient (Wildman–Crippen LogP) is 10.2. The summed E-state index contributed by atoms with van der Waals surface area (Å²) in [6.45, 7) is 11.4. The zero-order valence-electron chi connectivity index (χ0n) is 34.7. The third kappa shape index (κ3) is 10.4. The van der Waals surface area contributed by atoms with Crippen molar-refractivity contribution in [3.8, 4) is 11.5 Å². The van der Waals surface area contributed by atoms with Gasteiger partial charge in [0.1, 0.15) is 34.5 Å². The number of carbonyl (C=O) groups is 2. The van der Waals surface area contributed by atoms with Crippen LogP contribution < -0.4 is 20.1 Å². The number of carboxylic acid groups (broad SMARTS) is 1. The topological polar surface area (TPSA) is 174 Å². The molecule has 0 aliphatic carbocycles. The Balaban J connectivity index is 0.000000291. The van der Waals surface area contributed by atoms with Gasteiger partial charge in [0.05, 0.1) is 51.3 Å². The SMILES string of the molecule is C.CC.CC.CC1=C(C(=O)O)C(c2ccccc2)C2=C(COc3ccccc3S2(=O)=O)N1.COC(=O)C1=C(C)NC2=C(C1c1ccccc1)S(=O)(=O)c1ccccc1OC2.II. The van der Waals surface area contributed by atoms with Crippen molar-refractivity contribution in [2.45, 2.75) is 70.6 Å². The zero-order valence-corrected chi connectivity index (χ0v) is 40.6. The number of halogens is 2. The van der Waals surface area contributed by atoms with E-state index in [2.05, 4.69) is 47.9 Å². The fourth-order valence-electron chi connectivity index (χ4n) is 7.31. The molecule has 4 aromatic rings. The largest absolute Gasteiger partial charge is 0.486 e. The number of rotatable bonds is 4. The van der Waals surface area contributed by atoms with Crippen molar-refractivity contribution in [2.75, 3.05) is 20.3 Å².